The minimum Gasteiger partial charge on any atom is -0.497 e. The van der Waals surface area contributed by atoms with Crippen molar-refractivity contribution in [2.75, 3.05) is 20.8 Å². The molecule has 0 aliphatic rings. The smallest absolute Gasteiger partial charge is 0.249 e. The maximum Gasteiger partial charge on any atom is 0.249 e. The molecule has 1 aromatic heterocycles. The van der Waals surface area contributed by atoms with Gasteiger partial charge in [-0.3, -0.25) is 4.79 Å². The fraction of sp³-hybridized carbons (Fsp3) is 0.261. The third kappa shape index (κ3) is 5.24. The molecule has 0 aliphatic carbocycles. The molecule has 0 unspecified atom stereocenters. The minimum atomic E-state index is -0.0273. The molecule has 1 heterocycles. The number of amides is 1. The molecule has 146 valence electrons. The van der Waals surface area contributed by atoms with Crippen molar-refractivity contribution >= 4 is 5.91 Å². The van der Waals surface area contributed by atoms with Gasteiger partial charge in [-0.05, 0) is 35.4 Å². The van der Waals surface area contributed by atoms with Crippen LogP contribution in [0.3, 0.4) is 0 Å². The predicted octanol–water partition coefficient (Wildman–Crippen LogP) is 3.72. The highest BCUT2D eigenvalue weighted by atomic mass is 16.5. The normalized spacial score (nSPS) is 10.6. The summed E-state index contributed by atoms with van der Waals surface area (Å²) in [5, 5.41) is 0. The number of methoxy groups -OCH3 is 2. The van der Waals surface area contributed by atoms with Crippen LogP contribution in [0.1, 0.15) is 16.8 Å². The third-order valence-electron chi connectivity index (χ3n) is 4.60. The Balaban J connectivity index is 1.77. The highest BCUT2D eigenvalue weighted by Crippen LogP contribution is 2.17. The van der Waals surface area contributed by atoms with Crippen LogP contribution >= 0.6 is 0 Å². The summed E-state index contributed by atoms with van der Waals surface area (Å²) in [7, 11) is 3.22. The van der Waals surface area contributed by atoms with Gasteiger partial charge in [0.25, 0.3) is 0 Å². The van der Waals surface area contributed by atoms with Gasteiger partial charge in [0.05, 0.1) is 13.7 Å². The topological polar surface area (TPSA) is 43.7 Å². The summed E-state index contributed by atoms with van der Waals surface area (Å²) in [4.78, 5) is 14.4. The number of rotatable bonds is 9. The quantitative estimate of drug-likeness (QED) is 0.570. The van der Waals surface area contributed by atoms with E-state index >= 15 is 0 Å². The zero-order chi connectivity index (χ0) is 19.8. The van der Waals surface area contributed by atoms with E-state index in [1.54, 1.807) is 14.2 Å². The summed E-state index contributed by atoms with van der Waals surface area (Å²) >= 11 is 0. The lowest BCUT2D eigenvalue weighted by Crippen LogP contribution is -2.33. The SMILES string of the molecule is COCC(=O)N(Cc1ccccc1)Cc1cccn1Cc1cccc(OC)c1. The molecular formula is C23H26N2O3. The average Bonchev–Trinajstić information content (AvgIpc) is 3.15. The molecule has 3 aromatic rings. The van der Waals surface area contributed by atoms with Gasteiger partial charge in [-0.2, -0.15) is 0 Å². The molecule has 0 atom stereocenters. The lowest BCUT2D eigenvalue weighted by Gasteiger charge is -2.23. The van der Waals surface area contributed by atoms with Crippen molar-refractivity contribution < 1.29 is 14.3 Å². The van der Waals surface area contributed by atoms with Crippen LogP contribution in [-0.2, 0) is 29.2 Å². The molecule has 3 rings (SSSR count). The van der Waals surface area contributed by atoms with Crippen LogP contribution in [0.5, 0.6) is 5.75 Å². The van der Waals surface area contributed by atoms with Crippen molar-refractivity contribution in [2.24, 2.45) is 0 Å². The molecule has 5 nitrogen and oxygen atoms in total. The molecule has 2 aromatic carbocycles. The molecule has 0 saturated carbocycles. The predicted molar refractivity (Wildman–Crippen MR) is 109 cm³/mol. The van der Waals surface area contributed by atoms with E-state index in [0.717, 1.165) is 29.1 Å². The Kier molecular flexibility index (Phi) is 6.87. The summed E-state index contributed by atoms with van der Waals surface area (Å²) < 4.78 is 12.6. The van der Waals surface area contributed by atoms with E-state index in [4.69, 9.17) is 9.47 Å². The largest absolute Gasteiger partial charge is 0.497 e. The molecule has 0 saturated heterocycles. The Labute approximate surface area is 166 Å². The maximum atomic E-state index is 12.6. The number of aromatic nitrogens is 1. The Morgan fingerprint density at radius 3 is 2.46 bits per heavy atom. The first-order valence-corrected chi connectivity index (χ1v) is 9.27. The average molecular weight is 378 g/mol. The molecule has 0 aliphatic heterocycles. The highest BCUT2D eigenvalue weighted by Gasteiger charge is 2.16. The van der Waals surface area contributed by atoms with Crippen LogP contribution in [0, 0.1) is 0 Å². The zero-order valence-corrected chi connectivity index (χ0v) is 16.4. The van der Waals surface area contributed by atoms with Gasteiger partial charge < -0.3 is 18.9 Å². The maximum absolute atomic E-state index is 12.6. The number of ether oxygens (including phenoxy) is 2. The molecule has 0 fully saturated rings. The molecule has 0 spiro atoms. The first-order valence-electron chi connectivity index (χ1n) is 9.27. The van der Waals surface area contributed by atoms with Gasteiger partial charge >= 0.3 is 0 Å². The van der Waals surface area contributed by atoms with E-state index in [2.05, 4.69) is 16.7 Å². The summed E-state index contributed by atoms with van der Waals surface area (Å²) in [5.74, 6) is 0.813. The Morgan fingerprint density at radius 1 is 0.929 bits per heavy atom. The number of nitrogens with zero attached hydrogens (tertiary/aromatic N) is 2. The van der Waals surface area contributed by atoms with Gasteiger partial charge in [-0.1, -0.05) is 42.5 Å². The lowest BCUT2D eigenvalue weighted by atomic mass is 10.2. The Hall–Kier alpha value is -3.05. The van der Waals surface area contributed by atoms with E-state index in [9.17, 15) is 4.79 Å². The zero-order valence-electron chi connectivity index (χ0n) is 16.4. The van der Waals surface area contributed by atoms with Gasteiger partial charge in [0, 0.05) is 32.1 Å². The summed E-state index contributed by atoms with van der Waals surface area (Å²) in [5.41, 5.74) is 3.32. The van der Waals surface area contributed by atoms with Gasteiger partial charge in [0.1, 0.15) is 12.4 Å². The second-order valence-corrected chi connectivity index (χ2v) is 6.65. The van der Waals surface area contributed by atoms with Crippen molar-refractivity contribution in [1.29, 1.82) is 0 Å². The van der Waals surface area contributed by atoms with Crippen LogP contribution < -0.4 is 4.74 Å². The van der Waals surface area contributed by atoms with Crippen molar-refractivity contribution in [3.8, 4) is 5.75 Å². The van der Waals surface area contributed by atoms with Crippen LogP contribution in [0.25, 0.3) is 0 Å². The lowest BCUT2D eigenvalue weighted by molar-refractivity contribution is -0.136. The van der Waals surface area contributed by atoms with Crippen molar-refractivity contribution in [2.45, 2.75) is 19.6 Å². The van der Waals surface area contributed by atoms with Gasteiger partial charge in [0.15, 0.2) is 0 Å². The molecule has 0 N–H and O–H groups in total. The highest BCUT2D eigenvalue weighted by molar-refractivity contribution is 5.77. The third-order valence-corrected chi connectivity index (χ3v) is 4.60. The molecule has 0 radical (unpaired) electrons. The monoisotopic (exact) mass is 378 g/mol. The second kappa shape index (κ2) is 9.76. The van der Waals surface area contributed by atoms with E-state index in [1.165, 1.54) is 0 Å². The summed E-state index contributed by atoms with van der Waals surface area (Å²) in [6.45, 7) is 1.86. The van der Waals surface area contributed by atoms with Crippen LogP contribution in [0.4, 0.5) is 0 Å². The number of carbonyl (C=O) groups excluding carboxylic acids is 1. The fourth-order valence-electron chi connectivity index (χ4n) is 3.16. The van der Waals surface area contributed by atoms with E-state index in [0.29, 0.717) is 13.1 Å². The number of hydrogen-bond acceptors (Lipinski definition) is 3. The molecule has 28 heavy (non-hydrogen) atoms. The molecular weight excluding hydrogens is 352 g/mol. The number of hydrogen-bond donors (Lipinski definition) is 0. The van der Waals surface area contributed by atoms with Gasteiger partial charge in [0.2, 0.25) is 5.91 Å². The van der Waals surface area contributed by atoms with Crippen LogP contribution in [-0.4, -0.2) is 36.2 Å². The van der Waals surface area contributed by atoms with Crippen LogP contribution in [0.2, 0.25) is 0 Å². The van der Waals surface area contributed by atoms with Gasteiger partial charge in [-0.25, -0.2) is 0 Å². The van der Waals surface area contributed by atoms with E-state index in [1.807, 2.05) is 65.7 Å². The first kappa shape index (κ1) is 19.7. The molecule has 1 amide bonds. The van der Waals surface area contributed by atoms with E-state index < -0.39 is 0 Å². The molecule has 0 bridgehead atoms. The minimum absolute atomic E-state index is 0.0273. The van der Waals surface area contributed by atoms with E-state index in [-0.39, 0.29) is 12.5 Å². The van der Waals surface area contributed by atoms with Crippen molar-refractivity contribution in [3.05, 3.63) is 89.7 Å². The second-order valence-electron chi connectivity index (χ2n) is 6.65. The van der Waals surface area contributed by atoms with Crippen molar-refractivity contribution in [3.63, 3.8) is 0 Å². The first-order chi connectivity index (χ1) is 13.7. The standard InChI is InChI=1S/C23H26N2O3/c1-27-18-23(26)25(15-19-8-4-3-5-9-19)17-21-11-7-13-24(21)16-20-10-6-12-22(14-20)28-2/h3-14H,15-18H2,1-2H3. The summed E-state index contributed by atoms with van der Waals surface area (Å²) in [6, 6.07) is 22.1. The Bertz CT molecular complexity index is 890. The molecule has 5 heteroatoms. The number of carbonyl (C=O) groups is 1. The fourth-order valence-corrected chi connectivity index (χ4v) is 3.16. The van der Waals surface area contributed by atoms with Crippen LogP contribution in [0.15, 0.2) is 72.9 Å². The van der Waals surface area contributed by atoms with Crippen molar-refractivity contribution in [1.82, 2.24) is 9.47 Å². The Morgan fingerprint density at radius 2 is 1.71 bits per heavy atom. The summed E-state index contributed by atoms with van der Waals surface area (Å²) in [6.07, 6.45) is 2.04. The van der Waals surface area contributed by atoms with Gasteiger partial charge in [-0.15, -0.1) is 0 Å². The number of benzene rings is 2.